The number of hydrogen-bond acceptors (Lipinski definition) is 4. The Balaban J connectivity index is 1.52. The van der Waals surface area contributed by atoms with E-state index in [0.717, 1.165) is 55.3 Å². The standard InChI is InChI=1S/C21H25N5O/c1-24-10-12-26(13-11-24)15-20-23-18-14-17(8-9-19(18)25(20)2)22-21(27)16-6-4-3-5-7-16/h3-9,14H,10-13,15H2,1-2H3,(H,22,27). The molecule has 4 rings (SSSR count). The summed E-state index contributed by atoms with van der Waals surface area (Å²) >= 11 is 0. The lowest BCUT2D eigenvalue weighted by atomic mass is 10.2. The van der Waals surface area contributed by atoms with Crippen molar-refractivity contribution >= 4 is 22.6 Å². The van der Waals surface area contributed by atoms with Gasteiger partial charge in [-0.25, -0.2) is 4.98 Å². The number of carbonyl (C=O) groups excluding carboxylic acids is 1. The molecular weight excluding hydrogens is 338 g/mol. The second kappa shape index (κ2) is 7.50. The molecule has 0 saturated carbocycles. The first kappa shape index (κ1) is 17.7. The summed E-state index contributed by atoms with van der Waals surface area (Å²) in [6.07, 6.45) is 0. The second-order valence-electron chi connectivity index (χ2n) is 7.19. The Morgan fingerprint density at radius 1 is 1.04 bits per heavy atom. The molecule has 3 aromatic rings. The zero-order valence-electron chi connectivity index (χ0n) is 15.9. The number of likely N-dealkylation sites (N-methyl/N-ethyl adjacent to an activating group) is 1. The Morgan fingerprint density at radius 3 is 2.52 bits per heavy atom. The maximum absolute atomic E-state index is 12.4. The van der Waals surface area contributed by atoms with Gasteiger partial charge < -0.3 is 14.8 Å². The molecular formula is C21H25N5O. The highest BCUT2D eigenvalue weighted by atomic mass is 16.1. The van der Waals surface area contributed by atoms with E-state index in [1.165, 1.54) is 0 Å². The summed E-state index contributed by atoms with van der Waals surface area (Å²) in [6, 6.07) is 15.2. The summed E-state index contributed by atoms with van der Waals surface area (Å²) in [5.74, 6) is 0.949. The number of nitrogens with one attached hydrogen (secondary N) is 1. The first-order valence-electron chi connectivity index (χ1n) is 9.33. The van der Waals surface area contributed by atoms with E-state index in [0.29, 0.717) is 5.56 Å². The van der Waals surface area contributed by atoms with Crippen LogP contribution in [0.4, 0.5) is 5.69 Å². The summed E-state index contributed by atoms with van der Waals surface area (Å²) in [6.45, 7) is 5.18. The Morgan fingerprint density at radius 2 is 1.78 bits per heavy atom. The fourth-order valence-electron chi connectivity index (χ4n) is 3.47. The summed E-state index contributed by atoms with van der Waals surface area (Å²) in [5.41, 5.74) is 3.40. The van der Waals surface area contributed by atoms with Crippen molar-refractivity contribution in [2.45, 2.75) is 6.54 Å². The number of benzene rings is 2. The van der Waals surface area contributed by atoms with Crippen LogP contribution >= 0.6 is 0 Å². The van der Waals surface area contributed by atoms with Crippen molar-refractivity contribution < 1.29 is 4.79 Å². The van der Waals surface area contributed by atoms with Crippen molar-refractivity contribution in [3.63, 3.8) is 0 Å². The van der Waals surface area contributed by atoms with E-state index in [2.05, 4.69) is 33.8 Å². The van der Waals surface area contributed by atoms with E-state index in [4.69, 9.17) is 4.98 Å². The number of anilines is 1. The van der Waals surface area contributed by atoms with Crippen molar-refractivity contribution in [2.24, 2.45) is 7.05 Å². The molecule has 1 fully saturated rings. The van der Waals surface area contributed by atoms with E-state index in [1.54, 1.807) is 0 Å². The van der Waals surface area contributed by atoms with Gasteiger partial charge in [-0.2, -0.15) is 0 Å². The molecule has 1 aliphatic heterocycles. The quantitative estimate of drug-likeness (QED) is 0.774. The van der Waals surface area contributed by atoms with Gasteiger partial charge in [0.25, 0.3) is 5.91 Å². The lowest BCUT2D eigenvalue weighted by Crippen LogP contribution is -2.44. The third kappa shape index (κ3) is 3.86. The highest BCUT2D eigenvalue weighted by Gasteiger charge is 2.17. The highest BCUT2D eigenvalue weighted by molar-refractivity contribution is 6.04. The zero-order chi connectivity index (χ0) is 18.8. The monoisotopic (exact) mass is 363 g/mol. The van der Waals surface area contributed by atoms with Gasteiger partial charge in [0.05, 0.1) is 17.6 Å². The van der Waals surface area contributed by atoms with E-state index >= 15 is 0 Å². The molecule has 27 heavy (non-hydrogen) atoms. The molecule has 0 unspecified atom stereocenters. The topological polar surface area (TPSA) is 53.4 Å². The number of carbonyl (C=O) groups is 1. The van der Waals surface area contributed by atoms with Crippen LogP contribution in [0.15, 0.2) is 48.5 Å². The number of aromatic nitrogens is 2. The molecule has 0 bridgehead atoms. The maximum atomic E-state index is 12.4. The van der Waals surface area contributed by atoms with Crippen LogP contribution in [0.5, 0.6) is 0 Å². The number of aryl methyl sites for hydroxylation is 1. The third-order valence-corrected chi connectivity index (χ3v) is 5.23. The molecule has 0 aliphatic carbocycles. The number of rotatable bonds is 4. The van der Waals surface area contributed by atoms with Gasteiger partial charge in [0.2, 0.25) is 0 Å². The molecule has 1 amide bonds. The molecule has 2 aromatic carbocycles. The highest BCUT2D eigenvalue weighted by Crippen LogP contribution is 2.21. The van der Waals surface area contributed by atoms with Crippen LogP contribution in [-0.4, -0.2) is 58.5 Å². The fraction of sp³-hybridized carbons (Fsp3) is 0.333. The number of piperazine rings is 1. The third-order valence-electron chi connectivity index (χ3n) is 5.23. The van der Waals surface area contributed by atoms with Gasteiger partial charge in [0.1, 0.15) is 5.82 Å². The smallest absolute Gasteiger partial charge is 0.255 e. The van der Waals surface area contributed by atoms with Crippen molar-refractivity contribution in [2.75, 3.05) is 38.5 Å². The number of nitrogens with zero attached hydrogens (tertiary/aromatic N) is 4. The average Bonchev–Trinajstić information content (AvgIpc) is 2.99. The predicted molar refractivity (Wildman–Crippen MR) is 108 cm³/mol. The van der Waals surface area contributed by atoms with Crippen LogP contribution in [0, 0.1) is 0 Å². The van der Waals surface area contributed by atoms with Crippen LogP contribution in [0.25, 0.3) is 11.0 Å². The Bertz CT molecular complexity index is 942. The second-order valence-corrected chi connectivity index (χ2v) is 7.19. The fourth-order valence-corrected chi connectivity index (χ4v) is 3.47. The van der Waals surface area contributed by atoms with Crippen molar-refractivity contribution in [1.82, 2.24) is 19.4 Å². The molecule has 1 N–H and O–H groups in total. The van der Waals surface area contributed by atoms with Crippen LogP contribution in [0.3, 0.4) is 0 Å². The summed E-state index contributed by atoms with van der Waals surface area (Å²) in [5, 5.41) is 2.96. The van der Waals surface area contributed by atoms with E-state index in [-0.39, 0.29) is 5.91 Å². The van der Waals surface area contributed by atoms with Gasteiger partial charge in [-0.05, 0) is 37.4 Å². The van der Waals surface area contributed by atoms with Crippen LogP contribution in [-0.2, 0) is 13.6 Å². The lowest BCUT2D eigenvalue weighted by molar-refractivity contribution is 0.102. The Kier molecular flexibility index (Phi) is 4.92. The molecule has 0 spiro atoms. The number of amides is 1. The molecule has 6 heteroatoms. The number of hydrogen-bond donors (Lipinski definition) is 1. The first-order chi connectivity index (χ1) is 13.1. The summed E-state index contributed by atoms with van der Waals surface area (Å²) in [4.78, 5) is 22.0. The molecule has 2 heterocycles. The molecule has 1 aromatic heterocycles. The van der Waals surface area contributed by atoms with Gasteiger partial charge >= 0.3 is 0 Å². The largest absolute Gasteiger partial charge is 0.330 e. The summed E-state index contributed by atoms with van der Waals surface area (Å²) < 4.78 is 2.15. The molecule has 0 radical (unpaired) electrons. The average molecular weight is 363 g/mol. The van der Waals surface area contributed by atoms with Gasteiger partial charge in [-0.1, -0.05) is 18.2 Å². The minimum atomic E-state index is -0.108. The van der Waals surface area contributed by atoms with Gasteiger partial charge in [0, 0.05) is 44.5 Å². The van der Waals surface area contributed by atoms with Gasteiger partial charge in [0.15, 0.2) is 0 Å². The normalized spacial score (nSPS) is 15.9. The molecule has 0 atom stereocenters. The predicted octanol–water partition coefficient (Wildman–Crippen LogP) is 2.57. The van der Waals surface area contributed by atoms with Crippen LogP contribution in [0.2, 0.25) is 0 Å². The van der Waals surface area contributed by atoms with Crippen molar-refractivity contribution in [3.8, 4) is 0 Å². The zero-order valence-corrected chi connectivity index (χ0v) is 15.9. The summed E-state index contributed by atoms with van der Waals surface area (Å²) in [7, 11) is 4.22. The van der Waals surface area contributed by atoms with Gasteiger partial charge in [-0.15, -0.1) is 0 Å². The van der Waals surface area contributed by atoms with E-state index in [9.17, 15) is 4.79 Å². The van der Waals surface area contributed by atoms with E-state index < -0.39 is 0 Å². The first-order valence-corrected chi connectivity index (χ1v) is 9.33. The van der Waals surface area contributed by atoms with Crippen molar-refractivity contribution in [1.29, 1.82) is 0 Å². The molecule has 1 saturated heterocycles. The van der Waals surface area contributed by atoms with Gasteiger partial charge in [-0.3, -0.25) is 9.69 Å². The number of fused-ring (bicyclic) bond motifs is 1. The minimum Gasteiger partial charge on any atom is -0.330 e. The van der Waals surface area contributed by atoms with Crippen LogP contribution in [0.1, 0.15) is 16.2 Å². The molecule has 1 aliphatic rings. The molecule has 140 valence electrons. The Labute approximate surface area is 159 Å². The SMILES string of the molecule is CN1CCN(Cc2nc3cc(NC(=O)c4ccccc4)ccc3n2C)CC1. The molecule has 6 nitrogen and oxygen atoms in total. The van der Waals surface area contributed by atoms with Crippen molar-refractivity contribution in [3.05, 3.63) is 59.9 Å². The minimum absolute atomic E-state index is 0.108. The lowest BCUT2D eigenvalue weighted by Gasteiger charge is -2.31. The van der Waals surface area contributed by atoms with Crippen LogP contribution < -0.4 is 5.32 Å². The Hall–Kier alpha value is -2.70. The van der Waals surface area contributed by atoms with E-state index in [1.807, 2.05) is 48.5 Å². The number of imidazole rings is 1. The maximum Gasteiger partial charge on any atom is 0.255 e.